The van der Waals surface area contributed by atoms with Gasteiger partial charge in [-0.15, -0.1) is 0 Å². The molecule has 2 unspecified atom stereocenters. The molecule has 0 fully saturated rings. The number of carbonyl (C=O) groups is 2. The number of amides is 1. The molecule has 0 aromatic rings. The molecule has 0 rings (SSSR count). The lowest BCUT2D eigenvalue weighted by Gasteiger charge is -2.15. The fourth-order valence-corrected chi connectivity index (χ4v) is 4.83. The molecular formula is C36H62NO8P. The van der Waals surface area contributed by atoms with Crippen LogP contribution in [0.15, 0.2) is 60.8 Å². The summed E-state index contributed by atoms with van der Waals surface area (Å²) in [5.74, 6) is -0.578. The van der Waals surface area contributed by atoms with Gasteiger partial charge in [0.15, 0.2) is 0 Å². The lowest BCUT2D eigenvalue weighted by molar-refractivity contribution is -0.147. The number of phosphoric acid groups is 1. The van der Waals surface area contributed by atoms with E-state index >= 15 is 0 Å². The minimum atomic E-state index is -4.42. The third-order valence-electron chi connectivity index (χ3n) is 6.66. The highest BCUT2D eigenvalue weighted by molar-refractivity contribution is 7.47. The Labute approximate surface area is 278 Å². The number of rotatable bonds is 31. The second kappa shape index (κ2) is 32.6. The number of esters is 1. The molecule has 2 atom stereocenters. The first-order valence-corrected chi connectivity index (χ1v) is 18.8. The van der Waals surface area contributed by atoms with Gasteiger partial charge in [0.25, 0.3) is 0 Å². The number of carbonyl (C=O) groups excluding carboxylic acids is 2. The first kappa shape index (κ1) is 43.7. The zero-order valence-corrected chi connectivity index (χ0v) is 29.4. The highest BCUT2D eigenvalue weighted by Crippen LogP contribution is 2.42. The van der Waals surface area contributed by atoms with Gasteiger partial charge in [-0.25, -0.2) is 4.57 Å². The molecule has 9 nitrogen and oxygen atoms in total. The van der Waals surface area contributed by atoms with Crippen LogP contribution >= 0.6 is 7.82 Å². The predicted octanol–water partition coefficient (Wildman–Crippen LogP) is 8.59. The summed E-state index contributed by atoms with van der Waals surface area (Å²) in [5.41, 5.74) is 0. The number of aliphatic hydroxyl groups excluding tert-OH is 1. The molecule has 264 valence electrons. The first-order chi connectivity index (χ1) is 22.3. The normalized spacial score (nSPS) is 14.3. The zero-order valence-electron chi connectivity index (χ0n) is 28.5. The average Bonchev–Trinajstić information content (AvgIpc) is 3.04. The lowest BCUT2D eigenvalue weighted by Crippen LogP contribution is -2.27. The van der Waals surface area contributed by atoms with E-state index < -0.39 is 26.5 Å². The van der Waals surface area contributed by atoms with Crippen molar-refractivity contribution in [1.82, 2.24) is 5.32 Å². The Bertz CT molecular complexity index is 944. The van der Waals surface area contributed by atoms with E-state index in [0.717, 1.165) is 77.0 Å². The van der Waals surface area contributed by atoms with Gasteiger partial charge < -0.3 is 20.1 Å². The molecule has 0 saturated heterocycles. The summed E-state index contributed by atoms with van der Waals surface area (Å²) in [4.78, 5) is 33.6. The van der Waals surface area contributed by atoms with Crippen LogP contribution in [0.5, 0.6) is 0 Å². The van der Waals surface area contributed by atoms with E-state index in [1.54, 1.807) is 0 Å². The third kappa shape index (κ3) is 33.1. The zero-order chi connectivity index (χ0) is 34.0. The monoisotopic (exact) mass is 667 g/mol. The lowest BCUT2D eigenvalue weighted by atomic mass is 10.1. The number of unbranched alkanes of at least 4 members (excludes halogenated alkanes) is 8. The van der Waals surface area contributed by atoms with Crippen LogP contribution in [0.3, 0.4) is 0 Å². The first-order valence-electron chi connectivity index (χ1n) is 17.3. The van der Waals surface area contributed by atoms with Crippen LogP contribution in [0.1, 0.15) is 123 Å². The van der Waals surface area contributed by atoms with Crippen molar-refractivity contribution >= 4 is 19.7 Å². The van der Waals surface area contributed by atoms with Crippen molar-refractivity contribution in [3.63, 3.8) is 0 Å². The molecule has 0 bridgehead atoms. The van der Waals surface area contributed by atoms with Gasteiger partial charge in [-0.3, -0.25) is 18.6 Å². The molecule has 1 amide bonds. The number of ether oxygens (including phenoxy) is 1. The van der Waals surface area contributed by atoms with Crippen molar-refractivity contribution in [2.75, 3.05) is 26.4 Å². The van der Waals surface area contributed by atoms with E-state index in [9.17, 15) is 24.2 Å². The minimum Gasteiger partial charge on any atom is -0.463 e. The number of hydrogen-bond acceptors (Lipinski definition) is 7. The van der Waals surface area contributed by atoms with Gasteiger partial charge in [0.05, 0.1) is 13.2 Å². The van der Waals surface area contributed by atoms with Gasteiger partial charge in [-0.2, -0.15) is 0 Å². The highest BCUT2D eigenvalue weighted by atomic mass is 31.2. The van der Waals surface area contributed by atoms with Gasteiger partial charge in [-0.1, -0.05) is 100 Å². The van der Waals surface area contributed by atoms with Gasteiger partial charge in [-0.05, 0) is 70.6 Å². The summed E-state index contributed by atoms with van der Waals surface area (Å²) in [7, 11) is -4.42. The van der Waals surface area contributed by atoms with Crippen LogP contribution in [-0.2, 0) is 27.9 Å². The second-order valence-electron chi connectivity index (χ2n) is 11.1. The molecule has 0 aromatic carbocycles. The predicted molar refractivity (Wildman–Crippen MR) is 187 cm³/mol. The Morgan fingerprint density at radius 3 is 1.91 bits per heavy atom. The van der Waals surface area contributed by atoms with Crippen LogP contribution in [0, 0.1) is 0 Å². The van der Waals surface area contributed by atoms with Crippen molar-refractivity contribution in [3.8, 4) is 0 Å². The van der Waals surface area contributed by atoms with E-state index in [-0.39, 0.29) is 32.1 Å². The van der Waals surface area contributed by atoms with Crippen LogP contribution in [0.25, 0.3) is 0 Å². The molecule has 0 radical (unpaired) electrons. The Hall–Kier alpha value is -2.29. The molecule has 3 N–H and O–H groups in total. The number of hydrogen-bond donors (Lipinski definition) is 3. The Morgan fingerprint density at radius 2 is 1.24 bits per heavy atom. The standard InChI is InChI=1S/C36H62NO8P/c1-3-5-7-9-11-13-15-16-17-18-19-21-23-25-27-29-36(40)43-32-34(38)33-45-46(41,42)44-31-30-37-35(39)28-26-24-22-20-14-12-10-8-6-4-2/h5,7-8,10-11,13,16-17,19,21,34,38H,3-4,6,9,12,14-15,18,20,22-33H2,1-2H3,(H,37,39)(H,41,42)/b7-5-,10-8-,13-11-,17-16-,21-19-. The average molecular weight is 668 g/mol. The molecular weight excluding hydrogens is 605 g/mol. The van der Waals surface area contributed by atoms with Gasteiger partial charge in [0, 0.05) is 19.4 Å². The van der Waals surface area contributed by atoms with Crippen molar-refractivity contribution in [2.45, 2.75) is 129 Å². The Morgan fingerprint density at radius 1 is 0.696 bits per heavy atom. The largest absolute Gasteiger partial charge is 0.472 e. The number of aliphatic hydroxyl groups is 1. The van der Waals surface area contributed by atoms with Crippen molar-refractivity contribution in [1.29, 1.82) is 0 Å². The van der Waals surface area contributed by atoms with E-state index in [4.69, 9.17) is 13.8 Å². The van der Waals surface area contributed by atoms with Crippen LogP contribution in [0.4, 0.5) is 0 Å². The van der Waals surface area contributed by atoms with Gasteiger partial charge in [0.1, 0.15) is 12.7 Å². The van der Waals surface area contributed by atoms with E-state index in [2.05, 4.69) is 79.9 Å². The fourth-order valence-electron chi connectivity index (χ4n) is 4.08. The van der Waals surface area contributed by atoms with Crippen LogP contribution in [0.2, 0.25) is 0 Å². The summed E-state index contributed by atoms with van der Waals surface area (Å²) < 4.78 is 26.6. The van der Waals surface area contributed by atoms with Crippen molar-refractivity contribution in [2.24, 2.45) is 0 Å². The highest BCUT2D eigenvalue weighted by Gasteiger charge is 2.23. The number of allylic oxidation sites excluding steroid dienone is 10. The Balaban J connectivity index is 3.74. The molecule has 0 aliphatic rings. The summed E-state index contributed by atoms with van der Waals surface area (Å²) in [5, 5.41) is 12.6. The summed E-state index contributed by atoms with van der Waals surface area (Å²) >= 11 is 0. The second-order valence-corrected chi connectivity index (χ2v) is 12.6. The summed E-state index contributed by atoms with van der Waals surface area (Å²) in [6, 6.07) is 0. The topological polar surface area (TPSA) is 131 Å². The molecule has 46 heavy (non-hydrogen) atoms. The Kier molecular flexibility index (Phi) is 31.0. The van der Waals surface area contributed by atoms with E-state index in [0.29, 0.717) is 12.8 Å². The smallest absolute Gasteiger partial charge is 0.463 e. The quantitative estimate of drug-likeness (QED) is 0.0290. The van der Waals surface area contributed by atoms with E-state index in [1.807, 2.05) is 0 Å². The summed E-state index contributed by atoms with van der Waals surface area (Å²) in [6.45, 7) is 3.27. The maximum Gasteiger partial charge on any atom is 0.472 e. The van der Waals surface area contributed by atoms with Crippen LogP contribution < -0.4 is 5.32 Å². The molecule has 0 heterocycles. The molecule has 0 spiro atoms. The number of phosphoric ester groups is 1. The third-order valence-corrected chi connectivity index (χ3v) is 7.65. The molecule has 0 aromatic heterocycles. The van der Waals surface area contributed by atoms with Crippen molar-refractivity contribution < 1.29 is 37.9 Å². The van der Waals surface area contributed by atoms with E-state index in [1.165, 1.54) is 12.8 Å². The molecule has 0 aliphatic carbocycles. The maximum atomic E-state index is 12.0. The molecule has 0 aliphatic heterocycles. The minimum absolute atomic E-state index is 0.0687. The molecule has 10 heteroatoms. The fraction of sp³-hybridized carbons (Fsp3) is 0.667. The van der Waals surface area contributed by atoms with Crippen molar-refractivity contribution in [3.05, 3.63) is 60.8 Å². The summed E-state index contributed by atoms with van der Waals surface area (Å²) in [6.07, 6.45) is 35.9. The van der Waals surface area contributed by atoms with Gasteiger partial charge in [0.2, 0.25) is 5.91 Å². The molecule has 0 saturated carbocycles. The maximum absolute atomic E-state index is 12.0. The van der Waals surface area contributed by atoms with Crippen LogP contribution in [-0.4, -0.2) is 54.3 Å². The van der Waals surface area contributed by atoms with Gasteiger partial charge >= 0.3 is 13.8 Å². The SMILES string of the molecule is CC/C=C\C/C=C\C/C=C\C/C=C\CCCCC(=O)OCC(O)COP(=O)(O)OCCNC(=O)CCCCCCC/C=C\CCC. The number of nitrogens with one attached hydrogen (secondary N) is 1.